The Labute approximate surface area is 160 Å². The summed E-state index contributed by atoms with van der Waals surface area (Å²) in [6.45, 7) is 2.27. The summed E-state index contributed by atoms with van der Waals surface area (Å²) in [5.74, 6) is 2.19. The first-order chi connectivity index (χ1) is 13.3. The number of benzene rings is 3. The molecule has 0 saturated carbocycles. The fraction of sp³-hybridized carbons (Fsp3) is 0.167. The molecule has 3 aromatic carbocycles. The van der Waals surface area contributed by atoms with Crippen LogP contribution in [0.1, 0.15) is 30.7 Å². The van der Waals surface area contributed by atoms with E-state index < -0.39 is 0 Å². The van der Waals surface area contributed by atoms with E-state index in [1.54, 1.807) is 0 Å². The van der Waals surface area contributed by atoms with Gasteiger partial charge in [0.15, 0.2) is 5.82 Å². The molecule has 3 heteroatoms. The van der Waals surface area contributed by atoms with Crippen LogP contribution in [0.5, 0.6) is 0 Å². The standard InChI is InChI=1S/C24H23N3/c1-18(19-13-15-21(16-14-19)20-8-4-2-5-9-20)12-17-23-25-24(27-26-23)22-10-6-3-7-11-22/h2-11,13-16,18H,12,17H2,1H3,(H,25,26,27). The fourth-order valence-electron chi connectivity index (χ4n) is 3.28. The van der Waals surface area contributed by atoms with Gasteiger partial charge < -0.3 is 0 Å². The minimum absolute atomic E-state index is 0.472. The number of H-pyrrole nitrogens is 1. The number of nitrogens with one attached hydrogen (secondary N) is 1. The normalized spacial score (nSPS) is 12.0. The Bertz CT molecular complexity index is 973. The predicted molar refractivity (Wildman–Crippen MR) is 110 cm³/mol. The summed E-state index contributed by atoms with van der Waals surface area (Å²) in [6.07, 6.45) is 1.93. The van der Waals surface area contributed by atoms with Crippen molar-refractivity contribution in [2.45, 2.75) is 25.7 Å². The highest BCUT2D eigenvalue weighted by Gasteiger charge is 2.10. The summed E-state index contributed by atoms with van der Waals surface area (Å²) in [6, 6.07) is 29.5. The van der Waals surface area contributed by atoms with E-state index in [0.717, 1.165) is 30.1 Å². The van der Waals surface area contributed by atoms with Crippen molar-refractivity contribution < 1.29 is 0 Å². The lowest BCUT2D eigenvalue weighted by Crippen LogP contribution is -1.98. The molecule has 1 heterocycles. The van der Waals surface area contributed by atoms with Crippen molar-refractivity contribution in [3.63, 3.8) is 0 Å². The van der Waals surface area contributed by atoms with Crippen molar-refractivity contribution in [2.75, 3.05) is 0 Å². The van der Waals surface area contributed by atoms with E-state index >= 15 is 0 Å². The zero-order valence-electron chi connectivity index (χ0n) is 15.5. The van der Waals surface area contributed by atoms with Crippen LogP contribution >= 0.6 is 0 Å². The largest absolute Gasteiger partial charge is 0.263 e. The maximum atomic E-state index is 4.63. The first kappa shape index (κ1) is 17.2. The zero-order valence-corrected chi connectivity index (χ0v) is 15.5. The van der Waals surface area contributed by atoms with E-state index in [4.69, 9.17) is 0 Å². The van der Waals surface area contributed by atoms with Crippen molar-refractivity contribution in [3.05, 3.63) is 96.3 Å². The molecule has 4 aromatic rings. The molecule has 0 spiro atoms. The number of aryl methyl sites for hydroxylation is 1. The smallest absolute Gasteiger partial charge is 0.181 e. The number of hydrogen-bond donors (Lipinski definition) is 1. The van der Waals surface area contributed by atoms with E-state index in [2.05, 4.69) is 70.6 Å². The van der Waals surface area contributed by atoms with Gasteiger partial charge in [0.2, 0.25) is 0 Å². The van der Waals surface area contributed by atoms with Crippen LogP contribution in [0.2, 0.25) is 0 Å². The van der Waals surface area contributed by atoms with Gasteiger partial charge in [0.1, 0.15) is 5.82 Å². The second kappa shape index (κ2) is 8.00. The van der Waals surface area contributed by atoms with Crippen LogP contribution in [0.3, 0.4) is 0 Å². The van der Waals surface area contributed by atoms with Crippen molar-refractivity contribution in [1.29, 1.82) is 0 Å². The van der Waals surface area contributed by atoms with Gasteiger partial charge in [0.25, 0.3) is 0 Å². The molecule has 0 saturated heterocycles. The monoisotopic (exact) mass is 353 g/mol. The number of rotatable bonds is 6. The second-order valence-corrected chi connectivity index (χ2v) is 6.90. The number of aromatic amines is 1. The van der Waals surface area contributed by atoms with Gasteiger partial charge in [-0.15, -0.1) is 0 Å². The molecular weight excluding hydrogens is 330 g/mol. The van der Waals surface area contributed by atoms with Crippen molar-refractivity contribution in [3.8, 4) is 22.5 Å². The average molecular weight is 353 g/mol. The van der Waals surface area contributed by atoms with Crippen LogP contribution in [0.25, 0.3) is 22.5 Å². The van der Waals surface area contributed by atoms with Gasteiger partial charge in [0.05, 0.1) is 0 Å². The Morgan fingerprint density at radius 2 is 1.33 bits per heavy atom. The van der Waals surface area contributed by atoms with Crippen molar-refractivity contribution >= 4 is 0 Å². The third-order valence-corrected chi connectivity index (χ3v) is 4.96. The Morgan fingerprint density at radius 1 is 0.741 bits per heavy atom. The van der Waals surface area contributed by atoms with Gasteiger partial charge >= 0.3 is 0 Å². The Morgan fingerprint density at radius 3 is 2.00 bits per heavy atom. The van der Waals surface area contributed by atoms with Gasteiger partial charge in [-0.3, -0.25) is 5.10 Å². The molecule has 1 aromatic heterocycles. The average Bonchev–Trinajstić information content (AvgIpc) is 3.22. The first-order valence-corrected chi connectivity index (χ1v) is 9.41. The van der Waals surface area contributed by atoms with E-state index in [-0.39, 0.29) is 0 Å². The highest BCUT2D eigenvalue weighted by atomic mass is 15.2. The zero-order chi connectivity index (χ0) is 18.5. The quantitative estimate of drug-likeness (QED) is 0.470. The molecule has 27 heavy (non-hydrogen) atoms. The molecule has 1 atom stereocenters. The van der Waals surface area contributed by atoms with E-state index in [1.165, 1.54) is 16.7 Å². The lowest BCUT2D eigenvalue weighted by atomic mass is 9.94. The summed E-state index contributed by atoms with van der Waals surface area (Å²) < 4.78 is 0. The first-order valence-electron chi connectivity index (χ1n) is 9.41. The van der Waals surface area contributed by atoms with E-state index in [9.17, 15) is 0 Å². The molecule has 0 aliphatic heterocycles. The lowest BCUT2D eigenvalue weighted by molar-refractivity contribution is 0.661. The summed E-state index contributed by atoms with van der Waals surface area (Å²) in [5.41, 5.74) is 4.92. The summed E-state index contributed by atoms with van der Waals surface area (Å²) in [7, 11) is 0. The molecule has 1 unspecified atom stereocenters. The lowest BCUT2D eigenvalue weighted by Gasteiger charge is -2.12. The van der Waals surface area contributed by atoms with Gasteiger partial charge in [0, 0.05) is 12.0 Å². The molecule has 0 aliphatic carbocycles. The van der Waals surface area contributed by atoms with Crippen molar-refractivity contribution in [2.24, 2.45) is 0 Å². The molecule has 0 radical (unpaired) electrons. The van der Waals surface area contributed by atoms with Gasteiger partial charge in [-0.25, -0.2) is 4.98 Å². The van der Waals surface area contributed by atoms with Gasteiger partial charge in [-0.2, -0.15) is 5.10 Å². The molecule has 0 bridgehead atoms. The third-order valence-electron chi connectivity index (χ3n) is 4.96. The Kier molecular flexibility index (Phi) is 5.10. The van der Waals surface area contributed by atoms with Crippen LogP contribution in [-0.4, -0.2) is 15.2 Å². The number of hydrogen-bond acceptors (Lipinski definition) is 2. The van der Waals surface area contributed by atoms with Gasteiger partial charge in [-0.05, 0) is 29.0 Å². The molecule has 1 N–H and O–H groups in total. The second-order valence-electron chi connectivity index (χ2n) is 6.90. The summed E-state index contributed by atoms with van der Waals surface area (Å²) >= 11 is 0. The molecule has 0 aliphatic rings. The van der Waals surface area contributed by atoms with Crippen LogP contribution in [-0.2, 0) is 6.42 Å². The van der Waals surface area contributed by atoms with Crippen LogP contribution in [0, 0.1) is 0 Å². The SMILES string of the molecule is CC(CCc1nc(-c2ccccc2)n[nH]1)c1ccc(-c2ccccc2)cc1. The van der Waals surface area contributed by atoms with Crippen LogP contribution in [0.4, 0.5) is 0 Å². The van der Waals surface area contributed by atoms with Crippen molar-refractivity contribution in [1.82, 2.24) is 15.2 Å². The Balaban J connectivity index is 1.38. The highest BCUT2D eigenvalue weighted by Crippen LogP contribution is 2.25. The highest BCUT2D eigenvalue weighted by molar-refractivity contribution is 5.63. The molecule has 4 rings (SSSR count). The van der Waals surface area contributed by atoms with E-state index in [0.29, 0.717) is 5.92 Å². The molecule has 0 amide bonds. The molecule has 0 fully saturated rings. The minimum Gasteiger partial charge on any atom is -0.263 e. The minimum atomic E-state index is 0.472. The number of aromatic nitrogens is 3. The third kappa shape index (κ3) is 4.14. The predicted octanol–water partition coefficient (Wildman–Crippen LogP) is 5.88. The molecular formula is C24H23N3. The summed E-state index contributed by atoms with van der Waals surface area (Å²) in [5, 5.41) is 7.43. The molecule has 134 valence electrons. The summed E-state index contributed by atoms with van der Waals surface area (Å²) in [4.78, 5) is 4.63. The maximum absolute atomic E-state index is 4.63. The maximum Gasteiger partial charge on any atom is 0.181 e. The van der Waals surface area contributed by atoms with E-state index in [1.807, 2.05) is 36.4 Å². The topological polar surface area (TPSA) is 41.6 Å². The molecule has 3 nitrogen and oxygen atoms in total. The number of nitrogens with zero attached hydrogens (tertiary/aromatic N) is 2. The Hall–Kier alpha value is -3.20. The van der Waals surface area contributed by atoms with Gasteiger partial charge in [-0.1, -0.05) is 91.9 Å². The fourth-order valence-corrected chi connectivity index (χ4v) is 3.28. The van der Waals surface area contributed by atoms with Crippen LogP contribution in [0.15, 0.2) is 84.9 Å². The van der Waals surface area contributed by atoms with Crippen LogP contribution < -0.4 is 0 Å².